The summed E-state index contributed by atoms with van der Waals surface area (Å²) >= 11 is 2.85. The summed E-state index contributed by atoms with van der Waals surface area (Å²) in [6, 6.07) is 25.5. The first-order chi connectivity index (χ1) is 16.1. The number of hydrogen-bond acceptors (Lipinski definition) is 7. The average molecular weight is 476 g/mol. The van der Waals surface area contributed by atoms with E-state index in [2.05, 4.69) is 6.07 Å². The summed E-state index contributed by atoms with van der Waals surface area (Å²) in [5.41, 5.74) is 2.13. The lowest BCUT2D eigenvalue weighted by Gasteiger charge is -2.16. The smallest absolute Gasteiger partial charge is 0.269 e. The van der Waals surface area contributed by atoms with E-state index in [4.69, 9.17) is 14.9 Å². The second-order valence-electron chi connectivity index (χ2n) is 7.40. The molecule has 3 aliphatic heterocycles. The first-order valence-electron chi connectivity index (χ1n) is 10.3. The molecule has 3 aliphatic rings. The maximum Gasteiger partial charge on any atom is 0.269 e. The number of carbonyl (C=O) groups excluding carboxylic acids is 1. The van der Waals surface area contributed by atoms with Gasteiger partial charge in [0, 0.05) is 11.9 Å². The molecule has 0 saturated carbocycles. The van der Waals surface area contributed by atoms with Crippen LogP contribution in [0, 0.1) is 5.41 Å². The summed E-state index contributed by atoms with van der Waals surface area (Å²) in [4.78, 5) is 18.2. The van der Waals surface area contributed by atoms with Gasteiger partial charge in [-0.3, -0.25) is 15.1 Å². The molecule has 6 rings (SSSR count). The number of amidine groups is 1. The van der Waals surface area contributed by atoms with Gasteiger partial charge >= 0.3 is 0 Å². The quantitative estimate of drug-likeness (QED) is 0.492. The Balaban J connectivity index is 0.000000211. The van der Waals surface area contributed by atoms with Crippen LogP contribution in [0.15, 0.2) is 93.7 Å². The molecule has 0 bridgehead atoms. The van der Waals surface area contributed by atoms with E-state index >= 15 is 0 Å². The van der Waals surface area contributed by atoms with Gasteiger partial charge in [-0.25, -0.2) is 0 Å². The van der Waals surface area contributed by atoms with Crippen molar-refractivity contribution >= 4 is 40.3 Å². The number of thioether (sulfide) groups is 2. The Labute approximate surface area is 200 Å². The molecule has 0 radical (unpaired) electrons. The zero-order chi connectivity index (χ0) is 22.8. The van der Waals surface area contributed by atoms with Gasteiger partial charge in [0.05, 0.1) is 17.3 Å². The highest BCUT2D eigenvalue weighted by Crippen LogP contribution is 2.49. The molecule has 6 nitrogen and oxygen atoms in total. The molecule has 0 unspecified atom stereocenters. The van der Waals surface area contributed by atoms with E-state index in [-0.39, 0.29) is 11.1 Å². The second-order valence-corrected chi connectivity index (χ2v) is 9.43. The van der Waals surface area contributed by atoms with Gasteiger partial charge in [-0.2, -0.15) is 0 Å². The maximum atomic E-state index is 12.9. The van der Waals surface area contributed by atoms with Crippen molar-refractivity contribution in [1.82, 2.24) is 4.90 Å². The molecule has 1 saturated heterocycles. The fraction of sp³-hybridized carbons (Fsp3) is 0.120. The van der Waals surface area contributed by atoms with Crippen LogP contribution in [0.25, 0.3) is 0 Å². The van der Waals surface area contributed by atoms with E-state index in [0.29, 0.717) is 18.2 Å². The van der Waals surface area contributed by atoms with Crippen molar-refractivity contribution in [2.24, 2.45) is 0 Å². The third kappa shape index (κ3) is 4.31. The summed E-state index contributed by atoms with van der Waals surface area (Å²) in [7, 11) is 1.97. The number of carbonyl (C=O) groups is 1. The zero-order valence-corrected chi connectivity index (χ0v) is 19.5. The Morgan fingerprint density at radius 3 is 2.21 bits per heavy atom. The minimum Gasteiger partial charge on any atom is -0.454 e. The predicted octanol–water partition coefficient (Wildman–Crippen LogP) is 5.52. The van der Waals surface area contributed by atoms with Gasteiger partial charge in [-0.1, -0.05) is 66.4 Å². The zero-order valence-electron chi connectivity index (χ0n) is 17.9. The van der Waals surface area contributed by atoms with Crippen molar-refractivity contribution in [1.29, 1.82) is 5.41 Å². The molecule has 1 N–H and O–H groups in total. The van der Waals surface area contributed by atoms with Gasteiger partial charge in [0.2, 0.25) is 6.79 Å². The Morgan fingerprint density at radius 2 is 1.52 bits per heavy atom. The van der Waals surface area contributed by atoms with Crippen molar-refractivity contribution in [3.8, 4) is 11.5 Å². The molecule has 0 atom stereocenters. The third-order valence-corrected chi connectivity index (χ3v) is 7.63. The van der Waals surface area contributed by atoms with Crippen molar-refractivity contribution in [2.45, 2.75) is 11.4 Å². The van der Waals surface area contributed by atoms with Crippen LogP contribution < -0.4 is 14.4 Å². The minimum absolute atomic E-state index is 0.0870. The van der Waals surface area contributed by atoms with Crippen molar-refractivity contribution < 1.29 is 14.3 Å². The Bertz CT molecular complexity index is 1220. The Kier molecular flexibility index (Phi) is 6.02. The summed E-state index contributed by atoms with van der Waals surface area (Å²) in [5.74, 6) is 1.60. The Morgan fingerprint density at radius 1 is 0.879 bits per heavy atom. The third-order valence-electron chi connectivity index (χ3n) is 5.28. The van der Waals surface area contributed by atoms with Crippen LogP contribution in [0.1, 0.15) is 5.56 Å². The maximum absolute atomic E-state index is 12.9. The lowest BCUT2D eigenvalue weighted by molar-refractivity contribution is -0.122. The summed E-state index contributed by atoms with van der Waals surface area (Å²) in [6.45, 7) is 0.795. The first kappa shape index (κ1) is 21.5. The minimum atomic E-state index is -0.0870. The molecule has 0 spiro atoms. The standard InChI is InChI=1S/C18H15N3OS2.C7H6O2/c1-20-13-9-5-6-10-14(13)23-17(20)15-16(22)21(18(19)24-15)11-12-7-3-2-4-8-12;1-2-4-7-6(3-1)8-5-9-7/h2-10,19H,11H2,1H3;1-4H,5H2/b17-15-,19-18?;. The number of rotatable bonds is 2. The van der Waals surface area contributed by atoms with Crippen LogP contribution in [0.5, 0.6) is 11.5 Å². The van der Waals surface area contributed by atoms with E-state index in [1.807, 2.05) is 84.7 Å². The summed E-state index contributed by atoms with van der Waals surface area (Å²) < 4.78 is 10.2. The number of nitrogens with one attached hydrogen (secondary N) is 1. The number of hydrogen-bond donors (Lipinski definition) is 1. The number of amides is 1. The SMILES string of the molecule is CN1/C(=C2/SC(=N)N(Cc3ccccc3)C2=O)Sc2ccccc21.c1ccc2c(c1)OCO2. The number of benzene rings is 3. The lowest BCUT2D eigenvalue weighted by Crippen LogP contribution is -2.28. The number of fused-ring (bicyclic) bond motifs is 2. The van der Waals surface area contributed by atoms with E-state index in [9.17, 15) is 4.79 Å². The molecule has 0 aromatic heterocycles. The van der Waals surface area contributed by atoms with E-state index in [1.165, 1.54) is 11.8 Å². The average Bonchev–Trinajstić information content (AvgIpc) is 3.53. The topological polar surface area (TPSA) is 65.9 Å². The van der Waals surface area contributed by atoms with Crippen molar-refractivity contribution in [2.75, 3.05) is 18.7 Å². The molecular weight excluding hydrogens is 454 g/mol. The van der Waals surface area contributed by atoms with Crippen LogP contribution in [0.4, 0.5) is 5.69 Å². The molecular formula is C25H21N3O3S2. The predicted molar refractivity (Wildman–Crippen MR) is 133 cm³/mol. The number of nitrogens with zero attached hydrogens (tertiary/aromatic N) is 2. The first-order valence-corrected chi connectivity index (χ1v) is 12.0. The second kappa shape index (κ2) is 9.25. The Hall–Kier alpha value is -3.36. The molecule has 3 heterocycles. The van der Waals surface area contributed by atoms with Gasteiger partial charge in [0.1, 0.15) is 4.91 Å². The van der Waals surface area contributed by atoms with Crippen LogP contribution in [-0.4, -0.2) is 29.8 Å². The highest BCUT2D eigenvalue weighted by Gasteiger charge is 2.38. The molecule has 1 fully saturated rings. The fourth-order valence-corrected chi connectivity index (χ4v) is 5.80. The highest BCUT2D eigenvalue weighted by molar-refractivity contribution is 8.19. The van der Waals surface area contributed by atoms with E-state index in [1.54, 1.807) is 16.7 Å². The summed E-state index contributed by atoms with van der Waals surface area (Å²) in [6.07, 6.45) is 0. The molecule has 3 aromatic carbocycles. The van der Waals surface area contributed by atoms with Crippen LogP contribution in [0.3, 0.4) is 0 Å². The summed E-state index contributed by atoms with van der Waals surface area (Å²) in [5, 5.41) is 9.41. The molecule has 1 amide bonds. The van der Waals surface area contributed by atoms with Crippen molar-refractivity contribution in [3.63, 3.8) is 0 Å². The van der Waals surface area contributed by atoms with Crippen LogP contribution >= 0.6 is 23.5 Å². The molecule has 166 valence electrons. The van der Waals surface area contributed by atoms with Crippen molar-refractivity contribution in [3.05, 3.63) is 94.4 Å². The monoisotopic (exact) mass is 475 g/mol. The molecule has 3 aromatic rings. The van der Waals surface area contributed by atoms with Gasteiger partial charge in [0.15, 0.2) is 16.7 Å². The van der Waals surface area contributed by atoms with E-state index < -0.39 is 0 Å². The largest absolute Gasteiger partial charge is 0.454 e. The number of para-hydroxylation sites is 3. The highest BCUT2D eigenvalue weighted by atomic mass is 32.2. The lowest BCUT2D eigenvalue weighted by atomic mass is 10.2. The van der Waals surface area contributed by atoms with Gasteiger partial charge in [0.25, 0.3) is 5.91 Å². The molecule has 0 aliphatic carbocycles. The van der Waals surface area contributed by atoms with Crippen LogP contribution in [-0.2, 0) is 11.3 Å². The van der Waals surface area contributed by atoms with Gasteiger partial charge in [-0.15, -0.1) is 0 Å². The van der Waals surface area contributed by atoms with Crippen LogP contribution in [0.2, 0.25) is 0 Å². The normalized spacial score (nSPS) is 18.3. The molecule has 8 heteroatoms. The van der Waals surface area contributed by atoms with Gasteiger partial charge < -0.3 is 14.4 Å². The fourth-order valence-electron chi connectivity index (χ4n) is 3.60. The van der Waals surface area contributed by atoms with Gasteiger partial charge in [-0.05, 0) is 41.6 Å². The number of ether oxygens (including phenoxy) is 2. The van der Waals surface area contributed by atoms with E-state index in [0.717, 1.165) is 32.7 Å². The number of anilines is 1. The molecule has 33 heavy (non-hydrogen) atoms.